The quantitative estimate of drug-likeness (QED) is 0.868. The van der Waals surface area contributed by atoms with E-state index in [0.29, 0.717) is 6.54 Å². The summed E-state index contributed by atoms with van der Waals surface area (Å²) in [5, 5.41) is 3.08. The molecule has 4 heteroatoms. The van der Waals surface area contributed by atoms with Gasteiger partial charge in [-0.05, 0) is 37.7 Å². The second-order valence-electron chi connectivity index (χ2n) is 4.43. The van der Waals surface area contributed by atoms with Crippen molar-refractivity contribution in [1.29, 1.82) is 0 Å². The summed E-state index contributed by atoms with van der Waals surface area (Å²) in [5.41, 5.74) is 2.11. The highest BCUT2D eigenvalue weighted by Crippen LogP contribution is 2.23. The topological polar surface area (TPSA) is 24.5 Å². The van der Waals surface area contributed by atoms with Crippen molar-refractivity contribution in [3.63, 3.8) is 0 Å². The first-order valence-electron chi connectivity index (χ1n) is 6.00. The third-order valence-electron chi connectivity index (χ3n) is 2.99. The molecule has 3 nitrogen and oxygen atoms in total. The first kappa shape index (κ1) is 12.3. The molecule has 1 fully saturated rings. The predicted octanol–water partition coefficient (Wildman–Crippen LogP) is 1.77. The molecule has 0 saturated carbocycles. The largest absolute Gasteiger partial charge is 0.375 e. The maximum Gasteiger partial charge on any atom is 0.123 e. The number of ether oxygens (including phenoxy) is 1. The van der Waals surface area contributed by atoms with Crippen LogP contribution in [0.1, 0.15) is 12.5 Å². The zero-order valence-corrected chi connectivity index (χ0v) is 10.4. The molecule has 0 aromatic heterocycles. The molecule has 1 unspecified atom stereocenters. The highest BCUT2D eigenvalue weighted by atomic mass is 19.1. The van der Waals surface area contributed by atoms with Gasteiger partial charge in [0.05, 0.1) is 12.7 Å². The Hall–Kier alpha value is -1.13. The van der Waals surface area contributed by atoms with E-state index < -0.39 is 0 Å². The van der Waals surface area contributed by atoms with E-state index in [1.54, 1.807) is 6.07 Å². The van der Waals surface area contributed by atoms with Gasteiger partial charge in [0, 0.05) is 25.3 Å². The molecule has 1 saturated heterocycles. The van der Waals surface area contributed by atoms with Gasteiger partial charge in [0.15, 0.2) is 0 Å². The van der Waals surface area contributed by atoms with Crippen LogP contribution in [-0.4, -0.2) is 32.8 Å². The van der Waals surface area contributed by atoms with Crippen molar-refractivity contribution in [3.05, 3.63) is 29.6 Å². The van der Waals surface area contributed by atoms with Gasteiger partial charge < -0.3 is 15.0 Å². The minimum atomic E-state index is -0.180. The lowest BCUT2D eigenvalue weighted by molar-refractivity contribution is 0.0531. The molecule has 17 heavy (non-hydrogen) atoms. The molecule has 1 aromatic rings. The molecule has 1 aliphatic heterocycles. The van der Waals surface area contributed by atoms with Gasteiger partial charge in [0.2, 0.25) is 0 Å². The monoisotopic (exact) mass is 238 g/mol. The Bertz CT molecular complexity index is 384. The molecular weight excluding hydrogens is 219 g/mol. The number of nitrogens with zero attached hydrogens (tertiary/aromatic N) is 1. The normalized spacial score (nSPS) is 20.6. The lowest BCUT2D eigenvalue weighted by atomic mass is 10.1. The number of hydrogen-bond donors (Lipinski definition) is 1. The van der Waals surface area contributed by atoms with Crippen molar-refractivity contribution >= 4 is 5.69 Å². The highest BCUT2D eigenvalue weighted by Gasteiger charge is 2.19. The SMILES string of the molecule is CNCc1cc(F)ccc1N1CCOC(C)C1. The van der Waals surface area contributed by atoms with Crippen LogP contribution >= 0.6 is 0 Å². The Kier molecular flexibility index (Phi) is 3.97. The maximum atomic E-state index is 13.2. The van der Waals surface area contributed by atoms with E-state index in [9.17, 15) is 4.39 Å². The van der Waals surface area contributed by atoms with Crippen molar-refractivity contribution in [2.24, 2.45) is 0 Å². The Morgan fingerprint density at radius 3 is 3.06 bits per heavy atom. The summed E-state index contributed by atoms with van der Waals surface area (Å²) in [4.78, 5) is 2.26. The summed E-state index contributed by atoms with van der Waals surface area (Å²) >= 11 is 0. The van der Waals surface area contributed by atoms with Gasteiger partial charge in [0.1, 0.15) is 5.82 Å². The fourth-order valence-electron chi connectivity index (χ4n) is 2.23. The van der Waals surface area contributed by atoms with Gasteiger partial charge in [-0.2, -0.15) is 0 Å². The minimum absolute atomic E-state index is 0.180. The third kappa shape index (κ3) is 2.96. The van der Waals surface area contributed by atoms with E-state index in [0.717, 1.165) is 30.9 Å². The van der Waals surface area contributed by atoms with Crippen LogP contribution in [0.5, 0.6) is 0 Å². The summed E-state index contributed by atoms with van der Waals surface area (Å²) in [6.45, 7) is 5.21. The second kappa shape index (κ2) is 5.47. The van der Waals surface area contributed by atoms with Crippen LogP contribution in [0, 0.1) is 5.82 Å². The van der Waals surface area contributed by atoms with E-state index in [2.05, 4.69) is 17.1 Å². The van der Waals surface area contributed by atoms with Gasteiger partial charge >= 0.3 is 0 Å². The molecule has 1 heterocycles. The summed E-state index contributed by atoms with van der Waals surface area (Å²) < 4.78 is 18.8. The van der Waals surface area contributed by atoms with Crippen molar-refractivity contribution < 1.29 is 9.13 Å². The van der Waals surface area contributed by atoms with Gasteiger partial charge in [0.25, 0.3) is 0 Å². The average Bonchev–Trinajstić information content (AvgIpc) is 2.29. The number of benzene rings is 1. The Morgan fingerprint density at radius 1 is 1.53 bits per heavy atom. The van der Waals surface area contributed by atoms with Crippen LogP contribution in [0.2, 0.25) is 0 Å². The van der Waals surface area contributed by atoms with E-state index in [1.807, 2.05) is 13.1 Å². The molecule has 1 aliphatic rings. The summed E-state index contributed by atoms with van der Waals surface area (Å²) in [6.07, 6.45) is 0.233. The molecule has 0 spiro atoms. The highest BCUT2D eigenvalue weighted by molar-refractivity contribution is 5.54. The van der Waals surface area contributed by atoms with Crippen LogP contribution in [0.4, 0.5) is 10.1 Å². The fourth-order valence-corrected chi connectivity index (χ4v) is 2.23. The van der Waals surface area contributed by atoms with Crippen molar-refractivity contribution in [1.82, 2.24) is 5.32 Å². The third-order valence-corrected chi connectivity index (χ3v) is 2.99. The molecule has 1 atom stereocenters. The number of rotatable bonds is 3. The molecule has 2 rings (SSSR count). The van der Waals surface area contributed by atoms with Crippen LogP contribution in [0.3, 0.4) is 0 Å². The molecule has 0 amide bonds. The molecule has 0 bridgehead atoms. The van der Waals surface area contributed by atoms with Gasteiger partial charge in [-0.25, -0.2) is 4.39 Å². The maximum absolute atomic E-state index is 13.2. The number of nitrogens with one attached hydrogen (secondary N) is 1. The molecule has 94 valence electrons. The summed E-state index contributed by atoms with van der Waals surface area (Å²) in [6, 6.07) is 4.99. The van der Waals surface area contributed by atoms with Gasteiger partial charge in [-0.15, -0.1) is 0 Å². The van der Waals surface area contributed by atoms with Gasteiger partial charge in [-0.3, -0.25) is 0 Å². The first-order chi connectivity index (χ1) is 8.20. The fraction of sp³-hybridized carbons (Fsp3) is 0.538. The van der Waals surface area contributed by atoms with Crippen LogP contribution in [0.25, 0.3) is 0 Å². The zero-order chi connectivity index (χ0) is 12.3. The lowest BCUT2D eigenvalue weighted by Gasteiger charge is -2.34. The molecule has 1 aromatic carbocycles. The number of halogens is 1. The Labute approximate surface area is 102 Å². The smallest absolute Gasteiger partial charge is 0.123 e. The van der Waals surface area contributed by atoms with E-state index >= 15 is 0 Å². The van der Waals surface area contributed by atoms with E-state index in [-0.39, 0.29) is 11.9 Å². The Morgan fingerprint density at radius 2 is 2.35 bits per heavy atom. The molecule has 0 aliphatic carbocycles. The minimum Gasteiger partial charge on any atom is -0.375 e. The summed E-state index contributed by atoms with van der Waals surface area (Å²) in [5.74, 6) is -0.180. The second-order valence-corrected chi connectivity index (χ2v) is 4.43. The van der Waals surface area contributed by atoms with Crippen molar-refractivity contribution in [2.75, 3.05) is 31.6 Å². The molecular formula is C13H19FN2O. The number of morpholine rings is 1. The van der Waals surface area contributed by atoms with Crippen molar-refractivity contribution in [3.8, 4) is 0 Å². The van der Waals surface area contributed by atoms with Crippen molar-refractivity contribution in [2.45, 2.75) is 19.6 Å². The molecule has 1 N–H and O–H groups in total. The Balaban J connectivity index is 2.23. The van der Waals surface area contributed by atoms with Crippen LogP contribution in [-0.2, 0) is 11.3 Å². The molecule has 0 radical (unpaired) electrons. The average molecular weight is 238 g/mol. The van der Waals surface area contributed by atoms with Crippen LogP contribution < -0.4 is 10.2 Å². The summed E-state index contributed by atoms with van der Waals surface area (Å²) in [7, 11) is 1.87. The number of hydrogen-bond acceptors (Lipinski definition) is 3. The van der Waals surface area contributed by atoms with Gasteiger partial charge in [-0.1, -0.05) is 0 Å². The standard InChI is InChI=1S/C13H19FN2O/c1-10-9-16(5-6-17-10)13-4-3-12(14)7-11(13)8-15-2/h3-4,7,10,15H,5-6,8-9H2,1-2H3. The predicted molar refractivity (Wildman–Crippen MR) is 66.8 cm³/mol. The lowest BCUT2D eigenvalue weighted by Crippen LogP contribution is -2.41. The van der Waals surface area contributed by atoms with E-state index in [4.69, 9.17) is 4.74 Å². The number of anilines is 1. The van der Waals surface area contributed by atoms with E-state index in [1.165, 1.54) is 6.07 Å². The van der Waals surface area contributed by atoms with Crippen LogP contribution in [0.15, 0.2) is 18.2 Å². The first-order valence-corrected chi connectivity index (χ1v) is 6.00. The zero-order valence-electron chi connectivity index (χ0n) is 10.4.